The molecule has 0 amide bonds. The van der Waals surface area contributed by atoms with E-state index in [0.717, 1.165) is 0 Å². The fourth-order valence-electron chi connectivity index (χ4n) is 1.27. The molecule has 0 aromatic carbocycles. The van der Waals surface area contributed by atoms with E-state index >= 15 is 0 Å². The number of nitrogens with zero attached hydrogens (tertiary/aromatic N) is 1. The molecule has 0 N–H and O–H groups in total. The maximum Gasteiger partial charge on any atom is 0.573 e. The van der Waals surface area contributed by atoms with Crippen molar-refractivity contribution in [2.75, 3.05) is 0 Å². The molecule has 0 saturated heterocycles. The molecule has 1 heterocycles. The highest BCUT2D eigenvalue weighted by Gasteiger charge is 2.40. The van der Waals surface area contributed by atoms with Gasteiger partial charge in [0.25, 0.3) is 5.24 Å². The number of rotatable bonds is 3. The first kappa shape index (κ1) is 17.0. The predicted octanol–water partition coefficient (Wildman–Crippen LogP) is 4.27. The SMILES string of the molecule is O=C(Cl)c1ncc(C(F)(F)F)c(CBr)c1OC(F)(F)F. The minimum atomic E-state index is -5.30. The lowest BCUT2D eigenvalue weighted by Gasteiger charge is -2.18. The van der Waals surface area contributed by atoms with E-state index in [1.165, 1.54) is 0 Å². The van der Waals surface area contributed by atoms with E-state index in [1.807, 2.05) is 0 Å². The second-order valence-corrected chi connectivity index (χ2v) is 4.19. The van der Waals surface area contributed by atoms with Crippen LogP contribution in [0.4, 0.5) is 26.3 Å². The van der Waals surface area contributed by atoms with Crippen molar-refractivity contribution in [2.24, 2.45) is 0 Å². The first-order valence-corrected chi connectivity index (χ1v) is 6.08. The number of carbonyl (C=O) groups is 1. The molecule has 1 aromatic rings. The minimum Gasteiger partial charge on any atom is -0.403 e. The van der Waals surface area contributed by atoms with Gasteiger partial charge in [-0.05, 0) is 11.6 Å². The topological polar surface area (TPSA) is 39.2 Å². The number of halogens is 8. The Hall–Kier alpha value is -1.03. The predicted molar refractivity (Wildman–Crippen MR) is 58.7 cm³/mol. The van der Waals surface area contributed by atoms with Gasteiger partial charge < -0.3 is 4.74 Å². The molecule has 0 bridgehead atoms. The number of hydrogen-bond acceptors (Lipinski definition) is 3. The highest BCUT2D eigenvalue weighted by atomic mass is 79.9. The van der Waals surface area contributed by atoms with Crippen LogP contribution < -0.4 is 4.74 Å². The summed E-state index contributed by atoms with van der Waals surface area (Å²) in [7, 11) is 0. The largest absolute Gasteiger partial charge is 0.573 e. The molecule has 0 aliphatic rings. The summed E-state index contributed by atoms with van der Waals surface area (Å²) in [5.74, 6) is -1.37. The van der Waals surface area contributed by atoms with Crippen molar-refractivity contribution in [3.05, 3.63) is 23.0 Å². The second-order valence-electron chi connectivity index (χ2n) is 3.28. The summed E-state index contributed by atoms with van der Waals surface area (Å²) in [6, 6.07) is 0. The molecular formula is C9H3BrClF6NO2. The monoisotopic (exact) mass is 385 g/mol. The third-order valence-corrected chi connectivity index (χ3v) is 2.72. The van der Waals surface area contributed by atoms with Crippen LogP contribution >= 0.6 is 27.5 Å². The maximum absolute atomic E-state index is 12.7. The molecule has 0 radical (unpaired) electrons. The number of hydrogen-bond donors (Lipinski definition) is 0. The Kier molecular flexibility index (Phi) is 4.90. The number of alkyl halides is 7. The molecule has 20 heavy (non-hydrogen) atoms. The van der Waals surface area contributed by atoms with Gasteiger partial charge in [0.2, 0.25) is 0 Å². The molecule has 0 unspecified atom stereocenters. The van der Waals surface area contributed by atoms with Crippen molar-refractivity contribution in [3.8, 4) is 5.75 Å². The summed E-state index contributed by atoms with van der Waals surface area (Å²) in [5.41, 5.74) is -3.43. The molecule has 1 aromatic heterocycles. The maximum atomic E-state index is 12.7. The molecule has 0 spiro atoms. The zero-order valence-corrected chi connectivity index (χ0v) is 11.4. The van der Waals surface area contributed by atoms with Crippen LogP contribution in [0.3, 0.4) is 0 Å². The Labute approximate surface area is 121 Å². The van der Waals surface area contributed by atoms with Crippen LogP contribution in [0, 0.1) is 0 Å². The van der Waals surface area contributed by atoms with Gasteiger partial charge in [0, 0.05) is 17.1 Å². The summed E-state index contributed by atoms with van der Waals surface area (Å²) in [6.45, 7) is 0. The van der Waals surface area contributed by atoms with Gasteiger partial charge in [-0.3, -0.25) is 4.79 Å². The lowest BCUT2D eigenvalue weighted by Crippen LogP contribution is -2.22. The fraction of sp³-hybridized carbons (Fsp3) is 0.333. The van der Waals surface area contributed by atoms with Crippen molar-refractivity contribution in [1.29, 1.82) is 0 Å². The van der Waals surface area contributed by atoms with Crippen molar-refractivity contribution < 1.29 is 35.9 Å². The zero-order valence-electron chi connectivity index (χ0n) is 9.07. The lowest BCUT2D eigenvalue weighted by molar-refractivity contribution is -0.275. The van der Waals surface area contributed by atoms with Gasteiger partial charge in [0.1, 0.15) is 0 Å². The quantitative estimate of drug-likeness (QED) is 0.442. The average molecular weight is 386 g/mol. The van der Waals surface area contributed by atoms with E-state index < -0.39 is 45.7 Å². The third-order valence-electron chi connectivity index (χ3n) is 1.98. The summed E-state index contributed by atoms with van der Waals surface area (Å²) >= 11 is 7.60. The zero-order chi connectivity index (χ0) is 15.7. The van der Waals surface area contributed by atoms with Crippen LogP contribution in [0.5, 0.6) is 5.75 Å². The van der Waals surface area contributed by atoms with E-state index in [2.05, 4.69) is 25.7 Å². The molecule has 0 aliphatic heterocycles. The Balaban J connectivity index is 3.59. The molecule has 3 nitrogen and oxygen atoms in total. The summed E-state index contributed by atoms with van der Waals surface area (Å²) in [5, 5.41) is -2.12. The molecule has 1 rings (SSSR count). The number of pyridine rings is 1. The summed E-state index contributed by atoms with van der Waals surface area (Å²) in [6.07, 6.45) is -10.0. The van der Waals surface area contributed by atoms with Gasteiger partial charge in [-0.25, -0.2) is 4.98 Å². The third kappa shape index (κ3) is 3.98. The van der Waals surface area contributed by atoms with Crippen LogP contribution in [0.2, 0.25) is 0 Å². The van der Waals surface area contributed by atoms with E-state index in [4.69, 9.17) is 11.6 Å². The van der Waals surface area contributed by atoms with Crippen LogP contribution in [0.1, 0.15) is 21.6 Å². The molecule has 0 saturated carbocycles. The Morgan fingerprint density at radius 2 is 1.85 bits per heavy atom. The van der Waals surface area contributed by atoms with Crippen molar-refractivity contribution in [3.63, 3.8) is 0 Å². The highest BCUT2D eigenvalue weighted by molar-refractivity contribution is 9.08. The van der Waals surface area contributed by atoms with Gasteiger partial charge in [-0.2, -0.15) is 13.2 Å². The van der Waals surface area contributed by atoms with Gasteiger partial charge in [0.15, 0.2) is 11.4 Å². The normalized spacial score (nSPS) is 12.4. The molecule has 0 aliphatic carbocycles. The Morgan fingerprint density at radius 3 is 2.20 bits per heavy atom. The van der Waals surface area contributed by atoms with Crippen LogP contribution in [-0.4, -0.2) is 16.6 Å². The van der Waals surface area contributed by atoms with Gasteiger partial charge in [-0.15, -0.1) is 13.2 Å². The average Bonchev–Trinajstić information content (AvgIpc) is 2.24. The number of carbonyl (C=O) groups excluding carboxylic acids is 1. The Morgan fingerprint density at radius 1 is 1.30 bits per heavy atom. The van der Waals surface area contributed by atoms with Gasteiger partial charge >= 0.3 is 12.5 Å². The van der Waals surface area contributed by atoms with Crippen molar-refractivity contribution in [1.82, 2.24) is 4.98 Å². The fourth-order valence-corrected chi connectivity index (χ4v) is 1.96. The molecular weight excluding hydrogens is 383 g/mol. The van der Waals surface area contributed by atoms with E-state index in [1.54, 1.807) is 0 Å². The number of ether oxygens (including phenoxy) is 1. The first-order chi connectivity index (χ1) is 8.97. The van der Waals surface area contributed by atoms with Crippen molar-refractivity contribution >= 4 is 32.8 Å². The van der Waals surface area contributed by atoms with Crippen LogP contribution in [0.25, 0.3) is 0 Å². The number of aromatic nitrogens is 1. The standard InChI is InChI=1S/C9H3BrClF6NO2/c10-1-3-4(8(12,13)14)2-18-5(7(11)19)6(3)20-9(15,16)17/h2H,1H2. The molecule has 112 valence electrons. The summed E-state index contributed by atoms with van der Waals surface area (Å²) in [4.78, 5) is 13.9. The first-order valence-electron chi connectivity index (χ1n) is 4.58. The summed E-state index contributed by atoms with van der Waals surface area (Å²) < 4.78 is 78.1. The van der Waals surface area contributed by atoms with E-state index in [0.29, 0.717) is 0 Å². The van der Waals surface area contributed by atoms with Gasteiger partial charge in [0.05, 0.1) is 5.56 Å². The highest BCUT2D eigenvalue weighted by Crippen LogP contribution is 2.40. The van der Waals surface area contributed by atoms with E-state index in [9.17, 15) is 31.1 Å². The Bertz CT molecular complexity index is 530. The smallest absolute Gasteiger partial charge is 0.403 e. The second kappa shape index (κ2) is 5.76. The molecule has 0 fully saturated rings. The van der Waals surface area contributed by atoms with Gasteiger partial charge in [-0.1, -0.05) is 15.9 Å². The van der Waals surface area contributed by atoms with E-state index in [-0.39, 0.29) is 6.20 Å². The molecule has 0 atom stereocenters. The van der Waals surface area contributed by atoms with Crippen LogP contribution in [0.15, 0.2) is 6.20 Å². The molecule has 11 heteroatoms. The van der Waals surface area contributed by atoms with Crippen molar-refractivity contribution in [2.45, 2.75) is 17.9 Å². The van der Waals surface area contributed by atoms with Crippen LogP contribution in [-0.2, 0) is 11.5 Å². The minimum absolute atomic E-state index is 0.218. The lowest BCUT2D eigenvalue weighted by atomic mass is 10.1.